The number of rotatable bonds is 4. The van der Waals surface area contributed by atoms with Crippen molar-refractivity contribution < 1.29 is 23.5 Å². The van der Waals surface area contributed by atoms with Crippen LogP contribution in [-0.4, -0.2) is 35.5 Å². The van der Waals surface area contributed by atoms with Gasteiger partial charge in [-0.05, 0) is 18.2 Å². The van der Waals surface area contributed by atoms with E-state index in [1.807, 2.05) is 0 Å². The molecule has 1 rings (SSSR count). The second kappa shape index (κ2) is 5.57. The number of carbonyl (C=O) groups excluding carboxylic acids is 1. The molecule has 0 aliphatic heterocycles. The lowest BCUT2D eigenvalue weighted by molar-refractivity contribution is -0.141. The van der Waals surface area contributed by atoms with Crippen molar-refractivity contribution in [1.82, 2.24) is 4.90 Å². The zero-order valence-electron chi connectivity index (χ0n) is 9.98. The van der Waals surface area contributed by atoms with Gasteiger partial charge in [0.1, 0.15) is 0 Å². The largest absolute Gasteiger partial charge is 0.481 e. The summed E-state index contributed by atoms with van der Waals surface area (Å²) in [4.78, 5) is 23.6. The maximum absolute atomic E-state index is 13.0. The van der Waals surface area contributed by atoms with Crippen molar-refractivity contribution in [3.05, 3.63) is 35.4 Å². The van der Waals surface area contributed by atoms with E-state index >= 15 is 0 Å². The number of amides is 1. The van der Waals surface area contributed by atoms with Crippen LogP contribution in [0, 0.1) is 17.6 Å². The SMILES string of the molecule is CC(CN(C)C(=O)c1ccc(F)c(F)c1)C(=O)O. The van der Waals surface area contributed by atoms with Crippen LogP contribution in [0.2, 0.25) is 0 Å². The first kappa shape index (κ1) is 14.1. The number of halogens is 2. The molecule has 1 atom stereocenters. The number of nitrogens with zero attached hydrogens (tertiary/aromatic N) is 1. The van der Waals surface area contributed by atoms with E-state index in [4.69, 9.17) is 5.11 Å². The molecule has 1 N–H and O–H groups in total. The van der Waals surface area contributed by atoms with Crippen LogP contribution in [0.15, 0.2) is 18.2 Å². The molecular formula is C12H13F2NO3. The molecule has 0 radical (unpaired) electrons. The van der Waals surface area contributed by atoms with Gasteiger partial charge in [-0.3, -0.25) is 9.59 Å². The van der Waals surface area contributed by atoms with Crippen LogP contribution < -0.4 is 0 Å². The smallest absolute Gasteiger partial charge is 0.308 e. The maximum Gasteiger partial charge on any atom is 0.308 e. The fourth-order valence-corrected chi connectivity index (χ4v) is 1.42. The molecule has 0 fully saturated rings. The van der Waals surface area contributed by atoms with Crippen LogP contribution in [0.1, 0.15) is 17.3 Å². The van der Waals surface area contributed by atoms with Crippen molar-refractivity contribution in [2.24, 2.45) is 5.92 Å². The van der Waals surface area contributed by atoms with Gasteiger partial charge in [0, 0.05) is 19.2 Å². The Bertz CT molecular complexity index is 476. The first-order valence-electron chi connectivity index (χ1n) is 5.26. The van der Waals surface area contributed by atoms with Gasteiger partial charge >= 0.3 is 5.97 Å². The molecule has 1 amide bonds. The predicted octanol–water partition coefficient (Wildman–Crippen LogP) is 1.76. The lowest BCUT2D eigenvalue weighted by Gasteiger charge is -2.19. The van der Waals surface area contributed by atoms with E-state index in [0.29, 0.717) is 0 Å². The van der Waals surface area contributed by atoms with Crippen molar-refractivity contribution in [2.75, 3.05) is 13.6 Å². The predicted molar refractivity (Wildman–Crippen MR) is 60.1 cm³/mol. The summed E-state index contributed by atoms with van der Waals surface area (Å²) < 4.78 is 25.7. The summed E-state index contributed by atoms with van der Waals surface area (Å²) in [6.45, 7) is 1.45. The van der Waals surface area contributed by atoms with Gasteiger partial charge in [0.2, 0.25) is 0 Å². The second-order valence-electron chi connectivity index (χ2n) is 4.05. The van der Waals surface area contributed by atoms with Crippen LogP contribution in [0.3, 0.4) is 0 Å². The Kier molecular flexibility index (Phi) is 4.36. The van der Waals surface area contributed by atoms with E-state index in [1.165, 1.54) is 14.0 Å². The van der Waals surface area contributed by atoms with Gasteiger partial charge < -0.3 is 10.0 Å². The monoisotopic (exact) mass is 257 g/mol. The molecule has 0 aliphatic carbocycles. The summed E-state index contributed by atoms with van der Waals surface area (Å²) in [6, 6.07) is 2.80. The van der Waals surface area contributed by atoms with Gasteiger partial charge in [0.25, 0.3) is 5.91 Å². The van der Waals surface area contributed by atoms with Crippen LogP contribution in [-0.2, 0) is 4.79 Å². The maximum atomic E-state index is 13.0. The molecule has 98 valence electrons. The van der Waals surface area contributed by atoms with E-state index in [-0.39, 0.29) is 12.1 Å². The lowest BCUT2D eigenvalue weighted by Crippen LogP contribution is -2.33. The van der Waals surface area contributed by atoms with Crippen molar-refractivity contribution in [2.45, 2.75) is 6.92 Å². The number of aliphatic carboxylic acids is 1. The summed E-state index contributed by atoms with van der Waals surface area (Å²) in [7, 11) is 1.41. The summed E-state index contributed by atoms with van der Waals surface area (Å²) >= 11 is 0. The highest BCUT2D eigenvalue weighted by Crippen LogP contribution is 2.11. The molecule has 0 heterocycles. The van der Waals surface area contributed by atoms with Crippen LogP contribution in [0.4, 0.5) is 8.78 Å². The van der Waals surface area contributed by atoms with Crippen molar-refractivity contribution in [3.63, 3.8) is 0 Å². The Morgan fingerprint density at radius 1 is 1.33 bits per heavy atom. The lowest BCUT2D eigenvalue weighted by atomic mass is 10.1. The molecule has 18 heavy (non-hydrogen) atoms. The zero-order valence-corrected chi connectivity index (χ0v) is 9.98. The number of carbonyl (C=O) groups is 2. The van der Waals surface area contributed by atoms with Crippen LogP contribution in [0.5, 0.6) is 0 Å². The van der Waals surface area contributed by atoms with E-state index in [9.17, 15) is 18.4 Å². The summed E-state index contributed by atoms with van der Waals surface area (Å²) in [6.07, 6.45) is 0. The number of carboxylic acid groups (broad SMARTS) is 1. The van der Waals surface area contributed by atoms with E-state index in [2.05, 4.69) is 0 Å². The van der Waals surface area contributed by atoms with Crippen molar-refractivity contribution >= 4 is 11.9 Å². The standard InChI is InChI=1S/C12H13F2NO3/c1-7(12(17)18)6-15(2)11(16)8-3-4-9(13)10(14)5-8/h3-5,7H,6H2,1-2H3,(H,17,18). The van der Waals surface area contributed by atoms with Gasteiger partial charge in [-0.15, -0.1) is 0 Å². The molecule has 4 nitrogen and oxygen atoms in total. The molecule has 6 heteroatoms. The van der Waals surface area contributed by atoms with E-state index in [0.717, 1.165) is 23.1 Å². The van der Waals surface area contributed by atoms with Gasteiger partial charge in [0.05, 0.1) is 5.92 Å². The first-order chi connectivity index (χ1) is 8.32. The third-order valence-electron chi connectivity index (χ3n) is 2.48. The van der Waals surface area contributed by atoms with Crippen molar-refractivity contribution in [1.29, 1.82) is 0 Å². The van der Waals surface area contributed by atoms with Gasteiger partial charge in [-0.2, -0.15) is 0 Å². The average Bonchev–Trinajstić information content (AvgIpc) is 2.31. The van der Waals surface area contributed by atoms with Crippen LogP contribution >= 0.6 is 0 Å². The van der Waals surface area contributed by atoms with Gasteiger partial charge in [-0.1, -0.05) is 6.92 Å². The molecule has 0 aliphatic rings. The first-order valence-corrected chi connectivity index (χ1v) is 5.26. The number of hydrogen-bond acceptors (Lipinski definition) is 2. The number of hydrogen-bond donors (Lipinski definition) is 1. The minimum atomic E-state index is -1.11. The Labute approximate surface area is 103 Å². The molecule has 0 bridgehead atoms. The third-order valence-corrected chi connectivity index (χ3v) is 2.48. The topological polar surface area (TPSA) is 57.6 Å². The van der Waals surface area contributed by atoms with E-state index in [1.54, 1.807) is 0 Å². The Balaban J connectivity index is 2.80. The Hall–Kier alpha value is -1.98. The highest BCUT2D eigenvalue weighted by Gasteiger charge is 2.19. The molecule has 1 unspecified atom stereocenters. The molecule has 0 spiro atoms. The fourth-order valence-electron chi connectivity index (χ4n) is 1.42. The normalized spacial score (nSPS) is 12.0. The van der Waals surface area contributed by atoms with Gasteiger partial charge in [0.15, 0.2) is 11.6 Å². The Morgan fingerprint density at radius 2 is 1.94 bits per heavy atom. The molecule has 1 aromatic rings. The second-order valence-corrected chi connectivity index (χ2v) is 4.05. The minimum absolute atomic E-state index is 0.00678. The van der Waals surface area contributed by atoms with E-state index < -0.39 is 29.4 Å². The van der Waals surface area contributed by atoms with Crippen molar-refractivity contribution in [3.8, 4) is 0 Å². The summed E-state index contributed by atoms with van der Waals surface area (Å²) in [5, 5.41) is 8.72. The number of carboxylic acids is 1. The quantitative estimate of drug-likeness (QED) is 0.894. The summed E-state index contributed by atoms with van der Waals surface area (Å²) in [5.74, 6) is -4.46. The van der Waals surface area contributed by atoms with Gasteiger partial charge in [-0.25, -0.2) is 8.78 Å². The minimum Gasteiger partial charge on any atom is -0.481 e. The highest BCUT2D eigenvalue weighted by molar-refractivity contribution is 5.94. The fraction of sp³-hybridized carbons (Fsp3) is 0.333. The third kappa shape index (κ3) is 3.26. The molecule has 1 aromatic carbocycles. The molecule has 0 saturated heterocycles. The zero-order chi connectivity index (χ0) is 13.9. The van der Waals surface area contributed by atoms with Crippen LogP contribution in [0.25, 0.3) is 0 Å². The number of benzene rings is 1. The molecule has 0 aromatic heterocycles. The highest BCUT2D eigenvalue weighted by atomic mass is 19.2. The molecular weight excluding hydrogens is 244 g/mol. The Morgan fingerprint density at radius 3 is 2.44 bits per heavy atom. The summed E-state index contributed by atoms with van der Waals surface area (Å²) in [5.41, 5.74) is -0.0195. The average molecular weight is 257 g/mol. The molecule has 0 saturated carbocycles.